The van der Waals surface area contributed by atoms with E-state index in [1.165, 1.54) is 0 Å². The summed E-state index contributed by atoms with van der Waals surface area (Å²) in [7, 11) is 0. The lowest BCUT2D eigenvalue weighted by molar-refractivity contribution is -0.163. The van der Waals surface area contributed by atoms with E-state index in [9.17, 15) is 22.8 Å². The van der Waals surface area contributed by atoms with Gasteiger partial charge in [0.25, 0.3) is 0 Å². The summed E-state index contributed by atoms with van der Waals surface area (Å²) in [6.45, 7) is 4.57. The highest BCUT2D eigenvalue weighted by Crippen LogP contribution is 2.32. The third-order valence-electron chi connectivity index (χ3n) is 6.21. The summed E-state index contributed by atoms with van der Waals surface area (Å²) in [6, 6.07) is -0.813. The zero-order valence-electron chi connectivity index (χ0n) is 16.9. The number of piperidine rings is 1. The molecule has 166 valence electrons. The van der Waals surface area contributed by atoms with Gasteiger partial charge in [0.15, 0.2) is 0 Å². The van der Waals surface area contributed by atoms with Gasteiger partial charge in [-0.25, -0.2) is 0 Å². The maximum Gasteiger partial charge on any atom is 0.403 e. The summed E-state index contributed by atoms with van der Waals surface area (Å²) in [5, 5.41) is 23.1. The normalized spacial score (nSPS) is 33.2. The van der Waals surface area contributed by atoms with Crippen molar-refractivity contribution in [2.45, 2.75) is 69.6 Å². The largest absolute Gasteiger partial charge is 0.403 e. The van der Waals surface area contributed by atoms with Crippen LogP contribution in [-0.2, 0) is 9.59 Å². The highest BCUT2D eigenvalue weighted by molar-refractivity contribution is 6.00. The van der Waals surface area contributed by atoms with E-state index >= 15 is 0 Å². The van der Waals surface area contributed by atoms with E-state index in [0.29, 0.717) is 18.7 Å². The highest BCUT2D eigenvalue weighted by Gasteiger charge is 2.47. The van der Waals surface area contributed by atoms with Gasteiger partial charge in [-0.05, 0) is 32.3 Å². The molecule has 0 aliphatic carbocycles. The summed E-state index contributed by atoms with van der Waals surface area (Å²) in [5.41, 5.74) is 0.694. The Morgan fingerprint density at radius 2 is 1.97 bits per heavy atom. The lowest BCUT2D eigenvalue weighted by atomic mass is 9.83. The van der Waals surface area contributed by atoms with Gasteiger partial charge in [0.05, 0.1) is 12.5 Å². The fourth-order valence-electron chi connectivity index (χ4n) is 4.32. The van der Waals surface area contributed by atoms with Crippen molar-refractivity contribution in [1.29, 1.82) is 5.26 Å². The second kappa shape index (κ2) is 8.91. The summed E-state index contributed by atoms with van der Waals surface area (Å²) in [5.74, 6) is -0.705. The van der Waals surface area contributed by atoms with Crippen LogP contribution in [0.3, 0.4) is 0 Å². The van der Waals surface area contributed by atoms with Crippen LogP contribution < -0.4 is 26.6 Å². The van der Waals surface area contributed by atoms with Gasteiger partial charge < -0.3 is 10.6 Å². The topological polar surface area (TPSA) is 118 Å². The second-order valence-corrected chi connectivity index (χ2v) is 8.23. The van der Waals surface area contributed by atoms with Crippen LogP contribution in [0.1, 0.15) is 33.1 Å². The molecule has 0 aromatic heterocycles. The van der Waals surface area contributed by atoms with Crippen LogP contribution >= 0.6 is 0 Å². The van der Waals surface area contributed by atoms with Crippen LogP contribution in [0.15, 0.2) is 11.1 Å². The Balaban J connectivity index is 1.62. The predicted octanol–water partition coefficient (Wildman–Crippen LogP) is 0.0377. The van der Waals surface area contributed by atoms with E-state index in [4.69, 9.17) is 5.26 Å². The second-order valence-electron chi connectivity index (χ2n) is 8.23. The number of carbonyl (C=O) groups excluding carboxylic acids is 2. The standard InChI is InChI=1S/C19H27F3N6O2/c1-9-12(5-16(29)26-10(2)11-7-24-15(6-23)25-8-11)18(30)27-13-3-4-14(19(20,21)22)28-17(9)13/h10-11,13-15,17,24-25,28H,3-5,7-8H2,1-2H3,(H,26,29)(H,27,30)/t10-,11?,13?,14?,15?,17?/m0/s1. The third kappa shape index (κ3) is 4.94. The van der Waals surface area contributed by atoms with Gasteiger partial charge in [0.2, 0.25) is 11.8 Å². The van der Waals surface area contributed by atoms with Gasteiger partial charge in [-0.3, -0.25) is 25.5 Å². The first kappa shape index (κ1) is 22.5. The molecule has 4 atom stereocenters. The van der Waals surface area contributed by atoms with Crippen molar-refractivity contribution < 1.29 is 22.8 Å². The van der Waals surface area contributed by atoms with Crippen LogP contribution in [-0.4, -0.2) is 61.4 Å². The quantitative estimate of drug-likeness (QED) is 0.432. The summed E-state index contributed by atoms with van der Waals surface area (Å²) < 4.78 is 39.4. The molecule has 5 N–H and O–H groups in total. The molecule has 3 unspecified atom stereocenters. The first-order chi connectivity index (χ1) is 14.1. The molecule has 0 saturated carbocycles. The van der Waals surface area contributed by atoms with Crippen LogP contribution in [0, 0.1) is 17.2 Å². The van der Waals surface area contributed by atoms with Gasteiger partial charge in [-0.15, -0.1) is 0 Å². The van der Waals surface area contributed by atoms with Crippen LogP contribution in [0.5, 0.6) is 0 Å². The predicted molar refractivity (Wildman–Crippen MR) is 102 cm³/mol. The van der Waals surface area contributed by atoms with E-state index in [-0.39, 0.29) is 42.7 Å². The molecule has 11 heteroatoms. The summed E-state index contributed by atoms with van der Waals surface area (Å²) >= 11 is 0. The van der Waals surface area contributed by atoms with Gasteiger partial charge in [0.1, 0.15) is 12.2 Å². The fraction of sp³-hybridized carbons (Fsp3) is 0.737. The summed E-state index contributed by atoms with van der Waals surface area (Å²) in [4.78, 5) is 25.0. The number of amides is 2. The Morgan fingerprint density at radius 3 is 2.57 bits per heavy atom. The molecule has 30 heavy (non-hydrogen) atoms. The van der Waals surface area contributed by atoms with Crippen molar-refractivity contribution in [2.24, 2.45) is 5.92 Å². The Hall–Kier alpha value is -2.16. The van der Waals surface area contributed by atoms with Gasteiger partial charge in [-0.1, -0.05) is 0 Å². The Kier molecular flexibility index (Phi) is 6.69. The van der Waals surface area contributed by atoms with Crippen molar-refractivity contribution in [3.05, 3.63) is 11.1 Å². The molecule has 8 nitrogen and oxygen atoms in total. The fourth-order valence-corrected chi connectivity index (χ4v) is 4.32. The van der Waals surface area contributed by atoms with E-state index in [1.807, 2.05) is 6.92 Å². The van der Waals surface area contributed by atoms with Gasteiger partial charge in [0, 0.05) is 42.7 Å². The first-order valence-corrected chi connectivity index (χ1v) is 10.1. The molecule has 0 bridgehead atoms. The molecule has 3 aliphatic rings. The number of nitrogens with zero attached hydrogens (tertiary/aromatic N) is 1. The number of rotatable bonds is 4. The van der Waals surface area contributed by atoms with Crippen LogP contribution in [0.25, 0.3) is 0 Å². The van der Waals surface area contributed by atoms with E-state index in [2.05, 4.69) is 32.7 Å². The SMILES string of the molecule is CC1=C(CC(=O)N[C@@H](C)C2CNC(C#N)NC2)C(=O)NC2CCC(C(F)(F)F)NC12. The Labute approximate surface area is 173 Å². The zero-order valence-corrected chi connectivity index (χ0v) is 16.9. The maximum atomic E-state index is 13.1. The number of fused-ring (bicyclic) bond motifs is 1. The van der Waals surface area contributed by atoms with Crippen molar-refractivity contribution in [1.82, 2.24) is 26.6 Å². The number of alkyl halides is 3. The lowest BCUT2D eigenvalue weighted by Gasteiger charge is -2.42. The smallest absolute Gasteiger partial charge is 0.353 e. The third-order valence-corrected chi connectivity index (χ3v) is 6.21. The average molecular weight is 428 g/mol. The first-order valence-electron chi connectivity index (χ1n) is 10.1. The molecule has 0 aromatic rings. The van der Waals surface area contributed by atoms with Crippen molar-refractivity contribution >= 4 is 11.8 Å². The molecule has 0 aromatic carbocycles. The van der Waals surface area contributed by atoms with Crippen molar-refractivity contribution in [3.63, 3.8) is 0 Å². The van der Waals surface area contributed by atoms with E-state index in [1.54, 1.807) is 6.92 Å². The van der Waals surface area contributed by atoms with E-state index in [0.717, 1.165) is 0 Å². The number of carbonyl (C=O) groups is 2. The number of hydrogen-bond acceptors (Lipinski definition) is 6. The molecule has 2 amide bonds. The Bertz CT molecular complexity index is 754. The number of nitriles is 1. The maximum absolute atomic E-state index is 13.1. The molecule has 0 spiro atoms. The zero-order chi connectivity index (χ0) is 22.1. The van der Waals surface area contributed by atoms with Crippen LogP contribution in [0.4, 0.5) is 13.2 Å². The number of halogens is 3. The summed E-state index contributed by atoms with van der Waals surface area (Å²) in [6.07, 6.45) is -4.84. The molecule has 3 rings (SSSR count). The monoisotopic (exact) mass is 428 g/mol. The van der Waals surface area contributed by atoms with Gasteiger partial charge >= 0.3 is 6.18 Å². The number of hydrogen-bond donors (Lipinski definition) is 5. The van der Waals surface area contributed by atoms with Crippen molar-refractivity contribution in [2.75, 3.05) is 13.1 Å². The lowest BCUT2D eigenvalue weighted by Crippen LogP contribution is -2.63. The molecule has 3 heterocycles. The molecule has 3 aliphatic heterocycles. The number of nitrogens with one attached hydrogen (secondary N) is 5. The molecular weight excluding hydrogens is 401 g/mol. The van der Waals surface area contributed by atoms with Crippen molar-refractivity contribution in [3.8, 4) is 6.07 Å². The average Bonchev–Trinajstić information content (AvgIpc) is 2.70. The van der Waals surface area contributed by atoms with E-state index < -0.39 is 36.4 Å². The molecule has 2 saturated heterocycles. The molecule has 0 radical (unpaired) electrons. The minimum absolute atomic E-state index is 0.0609. The molecule has 2 fully saturated rings. The minimum atomic E-state index is -4.35. The van der Waals surface area contributed by atoms with Crippen LogP contribution in [0.2, 0.25) is 0 Å². The Morgan fingerprint density at radius 1 is 1.30 bits per heavy atom. The van der Waals surface area contributed by atoms with Gasteiger partial charge in [-0.2, -0.15) is 18.4 Å². The molecular formula is C19H27F3N6O2. The highest BCUT2D eigenvalue weighted by atomic mass is 19.4. The minimum Gasteiger partial charge on any atom is -0.353 e.